The highest BCUT2D eigenvalue weighted by Crippen LogP contribution is 2.33. The van der Waals surface area contributed by atoms with E-state index in [-0.39, 0.29) is 0 Å². The van der Waals surface area contributed by atoms with E-state index < -0.39 is 11.9 Å². The van der Waals surface area contributed by atoms with Gasteiger partial charge in [0.2, 0.25) is 5.91 Å². The molecule has 1 amide bonds. The van der Waals surface area contributed by atoms with Gasteiger partial charge in [-0.25, -0.2) is 0 Å². The van der Waals surface area contributed by atoms with Crippen molar-refractivity contribution in [3.8, 4) is 0 Å². The Morgan fingerprint density at radius 1 is 1.17 bits per heavy atom. The van der Waals surface area contributed by atoms with E-state index in [2.05, 4.69) is 10.5 Å². The first-order valence-electron chi connectivity index (χ1n) is 7.12. The van der Waals surface area contributed by atoms with Crippen molar-refractivity contribution >= 4 is 40.5 Å². The van der Waals surface area contributed by atoms with Crippen LogP contribution >= 0.6 is 23.2 Å². The molecule has 0 heterocycles. The molecule has 1 atom stereocenters. The Morgan fingerprint density at radius 2 is 1.79 bits per heavy atom. The molecule has 24 heavy (non-hydrogen) atoms. The van der Waals surface area contributed by atoms with Crippen LogP contribution in [0.5, 0.6) is 0 Å². The Labute approximate surface area is 150 Å². The van der Waals surface area contributed by atoms with Gasteiger partial charge in [0, 0.05) is 26.9 Å². The summed E-state index contributed by atoms with van der Waals surface area (Å²) in [7, 11) is 1.47. The van der Waals surface area contributed by atoms with Gasteiger partial charge in [-0.3, -0.25) is 4.79 Å². The SMILES string of the molecule is CO/N=C(\C)c1ccccc1NC(C(N)=O)c1c(Cl)cccc1Cl. The molecule has 7 heteroatoms. The van der Waals surface area contributed by atoms with Crippen LogP contribution in [0.15, 0.2) is 47.6 Å². The van der Waals surface area contributed by atoms with Gasteiger partial charge in [0.15, 0.2) is 0 Å². The highest BCUT2D eigenvalue weighted by molar-refractivity contribution is 6.36. The van der Waals surface area contributed by atoms with Crippen LogP contribution in [0.25, 0.3) is 0 Å². The number of carbonyl (C=O) groups excluding carboxylic acids is 1. The summed E-state index contributed by atoms with van der Waals surface area (Å²) in [6.45, 7) is 1.80. The Balaban J connectivity index is 2.47. The molecule has 0 aliphatic carbocycles. The maximum atomic E-state index is 12.0. The second-order valence-electron chi connectivity index (χ2n) is 5.02. The first kappa shape index (κ1) is 18.1. The van der Waals surface area contributed by atoms with Crippen LogP contribution in [0, 0.1) is 0 Å². The van der Waals surface area contributed by atoms with Gasteiger partial charge in [-0.2, -0.15) is 0 Å². The Morgan fingerprint density at radius 3 is 2.38 bits per heavy atom. The first-order chi connectivity index (χ1) is 11.5. The number of rotatable bonds is 6. The van der Waals surface area contributed by atoms with E-state index in [4.69, 9.17) is 33.8 Å². The van der Waals surface area contributed by atoms with Gasteiger partial charge in [-0.1, -0.05) is 52.6 Å². The monoisotopic (exact) mass is 365 g/mol. The van der Waals surface area contributed by atoms with Crippen molar-refractivity contribution in [2.24, 2.45) is 10.9 Å². The minimum absolute atomic E-state index is 0.360. The number of hydrogen-bond donors (Lipinski definition) is 2. The van der Waals surface area contributed by atoms with Crippen LogP contribution in [0.2, 0.25) is 10.0 Å². The average Bonchev–Trinajstić information content (AvgIpc) is 2.54. The Hall–Kier alpha value is -2.24. The zero-order valence-electron chi connectivity index (χ0n) is 13.2. The van der Waals surface area contributed by atoms with E-state index in [0.717, 1.165) is 5.56 Å². The van der Waals surface area contributed by atoms with Crippen LogP contribution in [0.1, 0.15) is 24.1 Å². The zero-order chi connectivity index (χ0) is 17.7. The third kappa shape index (κ3) is 3.99. The number of carbonyl (C=O) groups is 1. The molecule has 126 valence electrons. The third-order valence-electron chi connectivity index (χ3n) is 3.42. The molecule has 1 unspecified atom stereocenters. The first-order valence-corrected chi connectivity index (χ1v) is 7.88. The minimum Gasteiger partial charge on any atom is -0.399 e. The van der Waals surface area contributed by atoms with Crippen molar-refractivity contribution in [1.29, 1.82) is 0 Å². The lowest BCUT2D eigenvalue weighted by molar-refractivity contribution is -0.118. The summed E-state index contributed by atoms with van der Waals surface area (Å²) < 4.78 is 0. The number of nitrogens with zero attached hydrogens (tertiary/aromatic N) is 1. The number of benzene rings is 2. The molecule has 0 fully saturated rings. The molecular formula is C17H17Cl2N3O2. The van der Waals surface area contributed by atoms with E-state index in [0.29, 0.717) is 27.0 Å². The zero-order valence-corrected chi connectivity index (χ0v) is 14.7. The fourth-order valence-corrected chi connectivity index (χ4v) is 2.95. The number of halogens is 2. The number of hydrogen-bond acceptors (Lipinski definition) is 4. The molecular weight excluding hydrogens is 349 g/mol. The molecule has 2 rings (SSSR count). The summed E-state index contributed by atoms with van der Waals surface area (Å²) in [4.78, 5) is 16.8. The van der Waals surface area contributed by atoms with Crippen molar-refractivity contribution in [1.82, 2.24) is 0 Å². The van der Waals surface area contributed by atoms with Crippen molar-refractivity contribution < 1.29 is 9.63 Å². The normalized spacial score (nSPS) is 12.6. The lowest BCUT2D eigenvalue weighted by Gasteiger charge is -2.21. The van der Waals surface area contributed by atoms with Crippen LogP contribution in [-0.2, 0) is 9.63 Å². The number of oxime groups is 1. The Bertz CT molecular complexity index is 758. The molecule has 2 aromatic rings. The molecule has 0 bridgehead atoms. The molecule has 0 saturated carbocycles. The maximum absolute atomic E-state index is 12.0. The van der Waals surface area contributed by atoms with Crippen molar-refractivity contribution in [3.05, 3.63) is 63.6 Å². The van der Waals surface area contributed by atoms with Gasteiger partial charge < -0.3 is 15.9 Å². The highest BCUT2D eigenvalue weighted by Gasteiger charge is 2.24. The number of amides is 1. The van der Waals surface area contributed by atoms with Gasteiger partial charge in [-0.15, -0.1) is 0 Å². The van der Waals surface area contributed by atoms with Crippen LogP contribution in [0.4, 0.5) is 5.69 Å². The van der Waals surface area contributed by atoms with E-state index in [1.807, 2.05) is 24.3 Å². The topological polar surface area (TPSA) is 76.7 Å². The van der Waals surface area contributed by atoms with E-state index >= 15 is 0 Å². The van der Waals surface area contributed by atoms with Crippen LogP contribution < -0.4 is 11.1 Å². The maximum Gasteiger partial charge on any atom is 0.244 e. The van der Waals surface area contributed by atoms with Crippen LogP contribution in [-0.4, -0.2) is 18.7 Å². The van der Waals surface area contributed by atoms with Gasteiger partial charge in [0.25, 0.3) is 0 Å². The smallest absolute Gasteiger partial charge is 0.244 e. The molecule has 3 N–H and O–H groups in total. The molecule has 0 spiro atoms. The van der Waals surface area contributed by atoms with Gasteiger partial charge in [0.05, 0.1) is 5.71 Å². The van der Waals surface area contributed by atoms with Crippen molar-refractivity contribution in [2.75, 3.05) is 12.4 Å². The number of primary amides is 1. The molecule has 0 aliphatic heterocycles. The average molecular weight is 366 g/mol. The molecule has 0 saturated heterocycles. The quantitative estimate of drug-likeness (QED) is 0.599. The van der Waals surface area contributed by atoms with Crippen molar-refractivity contribution in [3.63, 3.8) is 0 Å². The molecule has 0 aliphatic rings. The molecule has 5 nitrogen and oxygen atoms in total. The van der Waals surface area contributed by atoms with Gasteiger partial charge >= 0.3 is 0 Å². The second-order valence-corrected chi connectivity index (χ2v) is 5.83. The largest absolute Gasteiger partial charge is 0.399 e. The summed E-state index contributed by atoms with van der Waals surface area (Å²) in [5, 5.41) is 7.75. The van der Waals surface area contributed by atoms with Gasteiger partial charge in [-0.05, 0) is 25.1 Å². The standard InChI is InChI=1S/C17H17Cl2N3O2/c1-10(22-24-2)11-6-3-4-9-14(11)21-16(17(20)23)15-12(18)7-5-8-13(15)19/h3-9,16,21H,1-2H3,(H2,20,23)/b22-10+. The predicted molar refractivity (Wildman–Crippen MR) is 97.7 cm³/mol. The fourth-order valence-electron chi connectivity index (χ4n) is 2.34. The number of nitrogens with two attached hydrogens (primary N) is 1. The van der Waals surface area contributed by atoms with Gasteiger partial charge in [0.1, 0.15) is 13.2 Å². The summed E-state index contributed by atoms with van der Waals surface area (Å²) >= 11 is 12.4. The predicted octanol–water partition coefficient (Wildman–Crippen LogP) is 4.00. The lowest BCUT2D eigenvalue weighted by Crippen LogP contribution is -2.29. The lowest BCUT2D eigenvalue weighted by atomic mass is 10.0. The summed E-state index contributed by atoms with van der Waals surface area (Å²) in [6, 6.07) is 11.5. The summed E-state index contributed by atoms with van der Waals surface area (Å²) in [6.07, 6.45) is 0. The number of anilines is 1. The van der Waals surface area contributed by atoms with E-state index in [9.17, 15) is 4.79 Å². The van der Waals surface area contributed by atoms with Crippen molar-refractivity contribution in [2.45, 2.75) is 13.0 Å². The highest BCUT2D eigenvalue weighted by atomic mass is 35.5. The second kappa shape index (κ2) is 8.04. The Kier molecular flexibility index (Phi) is 6.06. The summed E-state index contributed by atoms with van der Waals surface area (Å²) in [5.41, 5.74) is 8.08. The molecule has 0 aromatic heterocycles. The minimum atomic E-state index is -0.886. The fraction of sp³-hybridized carbons (Fsp3) is 0.176. The summed E-state index contributed by atoms with van der Waals surface area (Å²) in [5.74, 6) is -0.596. The van der Waals surface area contributed by atoms with Crippen LogP contribution in [0.3, 0.4) is 0 Å². The molecule has 0 radical (unpaired) electrons. The van der Waals surface area contributed by atoms with E-state index in [1.165, 1.54) is 7.11 Å². The third-order valence-corrected chi connectivity index (χ3v) is 4.08. The number of para-hydroxylation sites is 1. The van der Waals surface area contributed by atoms with E-state index in [1.54, 1.807) is 25.1 Å². The molecule has 2 aromatic carbocycles. The number of nitrogens with one attached hydrogen (secondary N) is 1.